The minimum absolute atomic E-state index is 0.0485. The summed E-state index contributed by atoms with van der Waals surface area (Å²) in [7, 11) is 0. The van der Waals surface area contributed by atoms with Gasteiger partial charge in [0.2, 0.25) is 5.91 Å². The fourth-order valence-electron chi connectivity index (χ4n) is 6.67. The first-order chi connectivity index (χ1) is 23.6. The number of nitrogens with zero attached hydrogens (tertiary/aromatic N) is 4. The standard InChI is InChI=1S/C34H46N6O5.C2H4O2/c1-2-3-4-5-6-7-8-9-10-31(41)30-20-19-29-32(39(30)36-25-11-13-28(14-12-25)40(44)45)34(43)38(33(29)42)27-17-15-26(16-18-27)37-23-21-35-22-24-37;1-2(3)4/h11-20,29-32,35-36,41H,2-10,21-24H2,1H3;1H3,(H,3,4)/p+1. The number of fused-ring (bicyclic) bond motifs is 1. The maximum absolute atomic E-state index is 14.1. The van der Waals surface area contributed by atoms with E-state index in [0.29, 0.717) is 17.8 Å². The molecule has 4 atom stereocenters. The van der Waals surface area contributed by atoms with Crippen molar-refractivity contribution in [1.82, 2.24) is 5.01 Å². The maximum Gasteiger partial charge on any atom is 0.300 e. The Morgan fingerprint density at radius 2 is 1.49 bits per heavy atom. The smallest absolute Gasteiger partial charge is 0.300 e. The first-order valence-electron chi connectivity index (χ1n) is 17.5. The van der Waals surface area contributed by atoms with Crippen LogP contribution in [-0.2, 0) is 14.4 Å². The lowest BCUT2D eigenvalue weighted by molar-refractivity contribution is -0.655. The number of rotatable bonds is 15. The van der Waals surface area contributed by atoms with Gasteiger partial charge in [-0.2, -0.15) is 0 Å². The van der Waals surface area contributed by atoms with Gasteiger partial charge >= 0.3 is 0 Å². The number of amides is 2. The zero-order chi connectivity index (χ0) is 35.3. The second-order valence-corrected chi connectivity index (χ2v) is 12.9. The molecule has 0 radical (unpaired) electrons. The first kappa shape index (κ1) is 37.5. The molecule has 0 aliphatic carbocycles. The van der Waals surface area contributed by atoms with Gasteiger partial charge in [0.1, 0.15) is 6.04 Å². The molecular weight excluding hydrogens is 628 g/mol. The summed E-state index contributed by atoms with van der Waals surface area (Å²) in [6, 6.07) is 12.1. The molecule has 0 spiro atoms. The fourth-order valence-corrected chi connectivity index (χ4v) is 6.67. The number of unbranched alkanes of at least 4 members (excludes halogenated alkanes) is 7. The Labute approximate surface area is 288 Å². The topological polar surface area (TPSA) is 173 Å². The van der Waals surface area contributed by atoms with Crippen molar-refractivity contribution >= 4 is 40.5 Å². The predicted octanol–water partition coefficient (Wildman–Crippen LogP) is 4.09. The number of carbonyl (C=O) groups excluding carboxylic acids is 2. The summed E-state index contributed by atoms with van der Waals surface area (Å²) in [5, 5.41) is 34.0. The van der Waals surface area contributed by atoms with E-state index in [2.05, 4.69) is 22.6 Å². The second kappa shape index (κ2) is 18.4. The minimum Gasteiger partial charge on any atom is -0.481 e. The number of nitrogens with one attached hydrogen (secondary N) is 1. The number of carboxylic acid groups (broad SMARTS) is 1. The Bertz CT molecular complexity index is 1420. The minimum atomic E-state index is -0.881. The number of imide groups is 1. The number of non-ortho nitro benzene ring substituents is 1. The van der Waals surface area contributed by atoms with Gasteiger partial charge in [0.25, 0.3) is 17.6 Å². The molecule has 5 N–H and O–H groups in total. The van der Waals surface area contributed by atoms with Crippen LogP contribution in [0.1, 0.15) is 71.6 Å². The van der Waals surface area contributed by atoms with Crippen molar-refractivity contribution in [2.75, 3.05) is 41.4 Å². The van der Waals surface area contributed by atoms with Crippen LogP contribution in [-0.4, -0.2) is 82.3 Å². The van der Waals surface area contributed by atoms with Crippen LogP contribution in [0.3, 0.4) is 0 Å². The van der Waals surface area contributed by atoms with Crippen molar-refractivity contribution in [1.29, 1.82) is 0 Å². The van der Waals surface area contributed by atoms with E-state index in [0.717, 1.165) is 58.1 Å². The third-order valence-corrected chi connectivity index (χ3v) is 9.22. The van der Waals surface area contributed by atoms with Crippen LogP contribution in [0.5, 0.6) is 0 Å². The highest BCUT2D eigenvalue weighted by atomic mass is 16.6. The second-order valence-electron chi connectivity index (χ2n) is 12.9. The number of carboxylic acids is 1. The molecule has 3 aliphatic heterocycles. The van der Waals surface area contributed by atoms with Gasteiger partial charge in [-0.3, -0.25) is 24.5 Å². The molecule has 3 aliphatic rings. The van der Waals surface area contributed by atoms with Gasteiger partial charge in [-0.05, 0) is 42.8 Å². The molecule has 13 heteroatoms. The number of nitrogens with two attached hydrogens (primary N) is 1. The summed E-state index contributed by atoms with van der Waals surface area (Å²) >= 11 is 0. The Morgan fingerprint density at radius 1 is 0.918 bits per heavy atom. The van der Waals surface area contributed by atoms with Gasteiger partial charge in [0, 0.05) is 30.4 Å². The number of aliphatic hydroxyl groups is 1. The van der Waals surface area contributed by atoms with Crippen molar-refractivity contribution in [3.05, 3.63) is 70.8 Å². The number of benzene rings is 2. The number of quaternary nitrogens is 1. The molecule has 2 aromatic carbocycles. The molecule has 266 valence electrons. The lowest BCUT2D eigenvalue weighted by Crippen LogP contribution is -2.89. The van der Waals surface area contributed by atoms with Crippen LogP contribution in [0.25, 0.3) is 0 Å². The monoisotopic (exact) mass is 679 g/mol. The summed E-state index contributed by atoms with van der Waals surface area (Å²) in [5.41, 5.74) is 5.31. The van der Waals surface area contributed by atoms with Crippen molar-refractivity contribution < 1.29 is 34.8 Å². The Hall–Kier alpha value is -4.33. The molecule has 2 saturated heterocycles. The number of aliphatic hydroxyl groups excluding tert-OH is 1. The van der Waals surface area contributed by atoms with E-state index >= 15 is 0 Å². The molecule has 0 aromatic heterocycles. The largest absolute Gasteiger partial charge is 0.481 e. The van der Waals surface area contributed by atoms with Crippen LogP contribution in [0.2, 0.25) is 0 Å². The lowest BCUT2D eigenvalue weighted by Gasteiger charge is -2.40. The van der Waals surface area contributed by atoms with Crippen molar-refractivity contribution in [3.63, 3.8) is 0 Å². The molecule has 0 bridgehead atoms. The highest BCUT2D eigenvalue weighted by Gasteiger charge is 2.54. The highest BCUT2D eigenvalue weighted by Crippen LogP contribution is 2.37. The zero-order valence-electron chi connectivity index (χ0n) is 28.6. The number of nitro benzene ring substituents is 1. The van der Waals surface area contributed by atoms with E-state index in [1.54, 1.807) is 23.2 Å². The van der Waals surface area contributed by atoms with E-state index < -0.39 is 35.0 Å². The Balaban J connectivity index is 0.00000128. The Kier molecular flexibility index (Phi) is 14.1. The number of nitro groups is 1. The van der Waals surface area contributed by atoms with Crippen LogP contribution in [0, 0.1) is 16.0 Å². The van der Waals surface area contributed by atoms with E-state index in [1.165, 1.54) is 49.1 Å². The van der Waals surface area contributed by atoms with E-state index in [9.17, 15) is 24.8 Å². The Morgan fingerprint density at radius 3 is 2.08 bits per heavy atom. The molecule has 2 aromatic rings. The summed E-state index contributed by atoms with van der Waals surface area (Å²) in [5.74, 6) is -2.24. The highest BCUT2D eigenvalue weighted by molar-refractivity contribution is 6.24. The molecule has 0 saturated carbocycles. The molecular formula is C36H51N6O7+. The van der Waals surface area contributed by atoms with E-state index in [-0.39, 0.29) is 17.5 Å². The van der Waals surface area contributed by atoms with Gasteiger partial charge in [0.05, 0.1) is 54.9 Å². The number of carbonyl (C=O) groups is 3. The number of piperazine rings is 1. The SMILES string of the molecule is CC(=O)O.CCCCCCCCCCC(O)C1C=CC2C(=O)N(c3ccc(N4CC[NH2+]CC4)cc3)C(=O)C2N1Nc1ccc([N+](=O)[O-])cc1. The molecule has 49 heavy (non-hydrogen) atoms. The van der Waals surface area contributed by atoms with Crippen LogP contribution < -0.4 is 20.5 Å². The predicted molar refractivity (Wildman–Crippen MR) is 188 cm³/mol. The summed E-state index contributed by atoms with van der Waals surface area (Å²) in [6.45, 7) is 7.25. The fraction of sp³-hybridized carbons (Fsp3) is 0.528. The van der Waals surface area contributed by atoms with Gasteiger partial charge in [-0.15, -0.1) is 0 Å². The lowest BCUT2D eigenvalue weighted by atomic mass is 9.91. The number of anilines is 3. The molecule has 2 amide bonds. The molecule has 5 rings (SSSR count). The molecule has 13 nitrogen and oxygen atoms in total. The van der Waals surface area contributed by atoms with E-state index in [4.69, 9.17) is 9.90 Å². The van der Waals surface area contributed by atoms with Crippen molar-refractivity contribution in [2.45, 2.75) is 89.8 Å². The average molecular weight is 680 g/mol. The number of hydrogen-bond acceptors (Lipinski definition) is 9. The number of aliphatic carboxylic acids is 1. The summed E-state index contributed by atoms with van der Waals surface area (Å²) < 4.78 is 0. The van der Waals surface area contributed by atoms with Gasteiger partial charge in [-0.1, -0.05) is 70.4 Å². The summed E-state index contributed by atoms with van der Waals surface area (Å²) in [4.78, 5) is 51.1. The number of hydrogen-bond donors (Lipinski definition) is 4. The molecule has 3 heterocycles. The first-order valence-corrected chi connectivity index (χ1v) is 17.5. The quantitative estimate of drug-likeness (QED) is 0.0706. The molecule has 4 unspecified atom stereocenters. The third kappa shape index (κ3) is 10.1. The van der Waals surface area contributed by atoms with Crippen molar-refractivity contribution in [3.8, 4) is 0 Å². The van der Waals surface area contributed by atoms with Gasteiger partial charge in [0.15, 0.2) is 0 Å². The maximum atomic E-state index is 14.1. The van der Waals surface area contributed by atoms with Crippen LogP contribution in [0.15, 0.2) is 60.7 Å². The normalized spacial score (nSPS) is 21.2. The van der Waals surface area contributed by atoms with Gasteiger partial charge in [-0.25, -0.2) is 9.91 Å². The van der Waals surface area contributed by atoms with Crippen LogP contribution >= 0.6 is 0 Å². The van der Waals surface area contributed by atoms with E-state index in [1.807, 2.05) is 30.3 Å². The van der Waals surface area contributed by atoms with Gasteiger partial charge < -0.3 is 25.9 Å². The summed E-state index contributed by atoms with van der Waals surface area (Å²) in [6.07, 6.45) is 12.6. The average Bonchev–Trinajstić information content (AvgIpc) is 3.35. The van der Waals surface area contributed by atoms with Crippen molar-refractivity contribution in [2.24, 2.45) is 5.92 Å². The molecule has 2 fully saturated rings. The van der Waals surface area contributed by atoms with Crippen LogP contribution in [0.4, 0.5) is 22.7 Å². The third-order valence-electron chi connectivity index (χ3n) is 9.22. The number of hydrazine groups is 1. The zero-order valence-corrected chi connectivity index (χ0v) is 28.6.